The number of aryl methyl sites for hydroxylation is 1. The molecule has 0 radical (unpaired) electrons. The molecule has 0 atom stereocenters. The van der Waals surface area contributed by atoms with Crippen LogP contribution in [0.25, 0.3) is 0 Å². The molecule has 0 aliphatic carbocycles. The largest absolute Gasteiger partial charge is 0.369 e. The van der Waals surface area contributed by atoms with Gasteiger partial charge >= 0.3 is 0 Å². The van der Waals surface area contributed by atoms with Crippen LogP contribution in [0.4, 0.5) is 5.69 Å². The monoisotopic (exact) mass is 240 g/mol. The van der Waals surface area contributed by atoms with Crippen LogP contribution in [0, 0.1) is 6.92 Å². The van der Waals surface area contributed by atoms with E-state index in [9.17, 15) is 0 Å². The Bertz CT molecular complexity index is 369. The lowest BCUT2D eigenvalue weighted by Crippen LogP contribution is -2.44. The molecule has 0 aromatic heterocycles. The Labute approximate surface area is 104 Å². The first kappa shape index (κ1) is 13.3. The molecule has 3 heteroatoms. The first-order valence-electron chi connectivity index (χ1n) is 5.59. The zero-order valence-electron chi connectivity index (χ0n) is 10.3. The highest BCUT2D eigenvalue weighted by molar-refractivity contribution is 5.85. The summed E-state index contributed by atoms with van der Waals surface area (Å²) >= 11 is 0. The molecule has 1 aromatic carbocycles. The summed E-state index contributed by atoms with van der Waals surface area (Å²) in [5.74, 6) is 0. The number of fused-ring (bicyclic) bond motifs is 1. The molecule has 0 unspecified atom stereocenters. The van der Waals surface area contributed by atoms with Crippen molar-refractivity contribution in [2.75, 3.05) is 18.0 Å². The minimum Gasteiger partial charge on any atom is -0.369 e. The van der Waals surface area contributed by atoms with Gasteiger partial charge in [0.1, 0.15) is 0 Å². The Morgan fingerprint density at radius 3 is 2.69 bits per heavy atom. The molecule has 0 saturated heterocycles. The third-order valence-electron chi connectivity index (χ3n) is 2.83. The van der Waals surface area contributed by atoms with Gasteiger partial charge < -0.3 is 10.6 Å². The van der Waals surface area contributed by atoms with Gasteiger partial charge in [-0.1, -0.05) is 17.7 Å². The summed E-state index contributed by atoms with van der Waals surface area (Å²) in [5, 5.41) is 0. The molecule has 1 aliphatic rings. The van der Waals surface area contributed by atoms with Crippen molar-refractivity contribution in [1.82, 2.24) is 0 Å². The molecule has 0 spiro atoms. The van der Waals surface area contributed by atoms with Gasteiger partial charge in [-0.25, -0.2) is 0 Å². The van der Waals surface area contributed by atoms with Gasteiger partial charge in [-0.15, -0.1) is 12.4 Å². The van der Waals surface area contributed by atoms with Crippen molar-refractivity contribution in [3.63, 3.8) is 0 Å². The van der Waals surface area contributed by atoms with Gasteiger partial charge in [0.25, 0.3) is 0 Å². The average molecular weight is 241 g/mol. The molecule has 1 aliphatic heterocycles. The third-order valence-corrected chi connectivity index (χ3v) is 2.83. The van der Waals surface area contributed by atoms with Crippen LogP contribution in [-0.4, -0.2) is 18.6 Å². The van der Waals surface area contributed by atoms with Crippen LogP contribution in [0.5, 0.6) is 0 Å². The van der Waals surface area contributed by atoms with Crippen LogP contribution in [0.3, 0.4) is 0 Å². The first-order valence-corrected chi connectivity index (χ1v) is 5.59. The summed E-state index contributed by atoms with van der Waals surface area (Å²) in [5.41, 5.74) is 10.1. The van der Waals surface area contributed by atoms with Gasteiger partial charge in [-0.2, -0.15) is 0 Å². The molecule has 0 saturated carbocycles. The van der Waals surface area contributed by atoms with E-state index in [2.05, 4.69) is 43.9 Å². The zero-order chi connectivity index (χ0) is 11.1. The number of nitrogens with zero attached hydrogens (tertiary/aromatic N) is 1. The van der Waals surface area contributed by atoms with Crippen molar-refractivity contribution >= 4 is 18.1 Å². The minimum atomic E-state index is -0.119. The fourth-order valence-corrected chi connectivity index (χ4v) is 2.26. The van der Waals surface area contributed by atoms with Gasteiger partial charge in [0, 0.05) is 24.3 Å². The normalized spacial score (nSPS) is 14.6. The van der Waals surface area contributed by atoms with Gasteiger partial charge in [0.2, 0.25) is 0 Å². The van der Waals surface area contributed by atoms with Crippen molar-refractivity contribution < 1.29 is 0 Å². The smallest absolute Gasteiger partial charge is 0.0400 e. The quantitative estimate of drug-likeness (QED) is 0.861. The average Bonchev–Trinajstić information content (AvgIpc) is 2.45. The molecular formula is C13H21ClN2. The van der Waals surface area contributed by atoms with Crippen molar-refractivity contribution in [2.45, 2.75) is 32.7 Å². The molecular weight excluding hydrogens is 220 g/mol. The highest BCUT2D eigenvalue weighted by atomic mass is 35.5. The minimum absolute atomic E-state index is 0. The van der Waals surface area contributed by atoms with Gasteiger partial charge in [0.05, 0.1) is 0 Å². The molecule has 0 bridgehead atoms. The first-order chi connectivity index (χ1) is 6.96. The van der Waals surface area contributed by atoms with E-state index < -0.39 is 0 Å². The summed E-state index contributed by atoms with van der Waals surface area (Å²) in [4.78, 5) is 2.40. The maximum Gasteiger partial charge on any atom is 0.0400 e. The molecule has 2 rings (SSSR count). The van der Waals surface area contributed by atoms with E-state index in [1.807, 2.05) is 0 Å². The Morgan fingerprint density at radius 1 is 1.38 bits per heavy atom. The molecule has 16 heavy (non-hydrogen) atoms. The highest BCUT2D eigenvalue weighted by Crippen LogP contribution is 2.29. The van der Waals surface area contributed by atoms with E-state index in [-0.39, 0.29) is 17.9 Å². The van der Waals surface area contributed by atoms with Crippen molar-refractivity contribution in [3.05, 3.63) is 29.3 Å². The van der Waals surface area contributed by atoms with Crippen LogP contribution >= 0.6 is 12.4 Å². The van der Waals surface area contributed by atoms with E-state index in [1.54, 1.807) is 0 Å². The van der Waals surface area contributed by atoms with Crippen LogP contribution in [-0.2, 0) is 6.42 Å². The molecule has 2 nitrogen and oxygen atoms in total. The fourth-order valence-electron chi connectivity index (χ4n) is 2.26. The highest BCUT2D eigenvalue weighted by Gasteiger charge is 2.23. The second kappa shape index (κ2) is 4.64. The number of hydrogen-bond acceptors (Lipinski definition) is 2. The van der Waals surface area contributed by atoms with E-state index in [4.69, 9.17) is 5.73 Å². The van der Waals surface area contributed by atoms with Crippen LogP contribution in [0.2, 0.25) is 0 Å². The number of benzene rings is 1. The van der Waals surface area contributed by atoms with E-state index in [1.165, 1.54) is 16.8 Å². The molecule has 2 N–H and O–H groups in total. The number of halogens is 1. The summed E-state index contributed by atoms with van der Waals surface area (Å²) in [6, 6.07) is 6.70. The SMILES string of the molecule is Cc1ccc2c(c1)CCN2CC(C)(C)N.Cl. The Balaban J connectivity index is 0.00000128. The molecule has 90 valence electrons. The summed E-state index contributed by atoms with van der Waals surface area (Å²) < 4.78 is 0. The summed E-state index contributed by atoms with van der Waals surface area (Å²) in [7, 11) is 0. The molecule has 0 amide bonds. The fraction of sp³-hybridized carbons (Fsp3) is 0.538. The van der Waals surface area contributed by atoms with Gasteiger partial charge in [0.15, 0.2) is 0 Å². The van der Waals surface area contributed by atoms with Crippen molar-refractivity contribution in [1.29, 1.82) is 0 Å². The lowest BCUT2D eigenvalue weighted by molar-refractivity contribution is 0.511. The number of hydrogen-bond donors (Lipinski definition) is 1. The number of nitrogens with two attached hydrogens (primary N) is 1. The van der Waals surface area contributed by atoms with Crippen LogP contribution in [0.1, 0.15) is 25.0 Å². The van der Waals surface area contributed by atoms with Crippen molar-refractivity contribution in [2.24, 2.45) is 5.73 Å². The van der Waals surface area contributed by atoms with E-state index >= 15 is 0 Å². The number of anilines is 1. The molecule has 0 fully saturated rings. The lowest BCUT2D eigenvalue weighted by Gasteiger charge is -2.28. The maximum absolute atomic E-state index is 6.06. The lowest BCUT2D eigenvalue weighted by atomic mass is 10.1. The Morgan fingerprint density at radius 2 is 2.06 bits per heavy atom. The molecule has 1 aromatic rings. The van der Waals surface area contributed by atoms with E-state index in [0.29, 0.717) is 0 Å². The summed E-state index contributed by atoms with van der Waals surface area (Å²) in [6.45, 7) is 8.36. The Hall–Kier alpha value is -0.730. The van der Waals surface area contributed by atoms with Crippen molar-refractivity contribution in [3.8, 4) is 0 Å². The van der Waals surface area contributed by atoms with Gasteiger partial charge in [-0.3, -0.25) is 0 Å². The van der Waals surface area contributed by atoms with E-state index in [0.717, 1.165) is 19.5 Å². The summed E-state index contributed by atoms with van der Waals surface area (Å²) in [6.07, 6.45) is 1.16. The second-order valence-corrected chi connectivity index (χ2v) is 5.29. The zero-order valence-corrected chi connectivity index (χ0v) is 11.1. The standard InChI is InChI=1S/C13H20N2.ClH/c1-10-4-5-12-11(8-10)6-7-15(12)9-13(2,3)14;/h4-5,8H,6-7,9,14H2,1-3H3;1H. The third kappa shape index (κ3) is 2.89. The second-order valence-electron chi connectivity index (χ2n) is 5.29. The predicted molar refractivity (Wildman–Crippen MR) is 72.6 cm³/mol. The van der Waals surface area contributed by atoms with Crippen LogP contribution in [0.15, 0.2) is 18.2 Å². The van der Waals surface area contributed by atoms with Crippen LogP contribution < -0.4 is 10.6 Å². The Kier molecular flexibility index (Phi) is 3.87. The molecule has 1 heterocycles. The maximum atomic E-state index is 6.06. The number of rotatable bonds is 2. The predicted octanol–water partition coefficient (Wildman–Crippen LogP) is 2.52. The van der Waals surface area contributed by atoms with Gasteiger partial charge in [-0.05, 0) is 38.8 Å². The topological polar surface area (TPSA) is 29.3 Å².